The summed E-state index contributed by atoms with van der Waals surface area (Å²) in [5, 5.41) is 32.4. The molecule has 0 saturated heterocycles. The molecular formula is C100H118Br2Cl4FMoN6O3W2-3. The first-order chi connectivity index (χ1) is 55.6. The van der Waals surface area contributed by atoms with Crippen LogP contribution in [0.5, 0.6) is 17.2 Å². The molecule has 0 saturated carbocycles. The molecule has 19 heteroatoms. The second kappa shape index (κ2) is 50.8. The van der Waals surface area contributed by atoms with E-state index in [9.17, 15) is 14.6 Å². The molecule has 0 amide bonds. The first-order valence-corrected chi connectivity index (χ1v) is 50.3. The van der Waals surface area contributed by atoms with Gasteiger partial charge in [-0.1, -0.05) is 217 Å². The van der Waals surface area contributed by atoms with E-state index in [2.05, 4.69) is 240 Å². The first-order valence-electron chi connectivity index (χ1n) is 39.1. The number of hydrogen-bond donors (Lipinski definition) is 3. The van der Waals surface area contributed by atoms with Crippen LogP contribution in [0, 0.1) is 58.2 Å². The molecule has 0 aliphatic carbocycles. The summed E-state index contributed by atoms with van der Waals surface area (Å²) in [7, 11) is 0. The number of aromatic nitrogens is 3. The fourth-order valence-corrected chi connectivity index (χ4v) is 20.3. The Morgan fingerprint density at radius 3 is 0.958 bits per heavy atom. The monoisotopic (exact) mass is 2230 g/mol. The van der Waals surface area contributed by atoms with E-state index in [0.717, 1.165) is 78.9 Å². The number of para-hydroxylation sites is 2. The third-order valence-corrected chi connectivity index (χ3v) is 29.7. The van der Waals surface area contributed by atoms with Crippen LogP contribution in [-0.2, 0) is 70.0 Å². The predicted molar refractivity (Wildman–Crippen MR) is 506 cm³/mol. The van der Waals surface area contributed by atoms with E-state index in [1.54, 1.807) is 0 Å². The van der Waals surface area contributed by atoms with Crippen molar-refractivity contribution < 1.29 is 73.5 Å². The smallest absolute Gasteiger partial charge is 0.144 e. The zero-order chi connectivity index (χ0) is 89.2. The van der Waals surface area contributed by atoms with Gasteiger partial charge < -0.3 is 30.3 Å². The van der Waals surface area contributed by atoms with Crippen LogP contribution in [0.25, 0.3) is 22.3 Å². The Balaban J connectivity index is 0.000000289. The normalized spacial score (nSPS) is 10.9. The topological polar surface area (TPSA) is 140 Å². The summed E-state index contributed by atoms with van der Waals surface area (Å²) in [5.41, 5.74) is 19.9. The Morgan fingerprint density at radius 1 is 0.387 bits per heavy atom. The molecule has 0 unspecified atom stereocenters. The number of rotatable bonds is 9. The fourth-order valence-electron chi connectivity index (χ4n) is 10.7. The summed E-state index contributed by atoms with van der Waals surface area (Å²) in [5.74, 6) is 1.43. The van der Waals surface area contributed by atoms with Crippen LogP contribution in [0.3, 0.4) is 0 Å². The number of aromatic hydroxyl groups is 3. The van der Waals surface area contributed by atoms with Gasteiger partial charge in [-0.05, 0) is 77.1 Å². The average molecular weight is 2240 g/mol. The molecule has 3 heterocycles. The van der Waals surface area contributed by atoms with Crippen LogP contribution in [0.2, 0.25) is 20.1 Å². The minimum absolute atomic E-state index is 0.0152. The molecule has 12 aromatic rings. The van der Waals surface area contributed by atoms with Crippen LogP contribution in [-0.4, -0.2) is 28.5 Å². The number of benzene rings is 9. The van der Waals surface area contributed by atoms with Gasteiger partial charge in [0.2, 0.25) is 0 Å². The number of hydrogen-bond acceptors (Lipinski definition) is 6. The largest absolute Gasteiger partial charge is 0.665 e. The summed E-state index contributed by atoms with van der Waals surface area (Å²) < 4.78 is 34.4. The quantitative estimate of drug-likeness (QED) is 0.123. The zero-order valence-corrected chi connectivity index (χ0v) is 87.3. The van der Waals surface area contributed by atoms with Gasteiger partial charge in [0.15, 0.2) is 0 Å². The van der Waals surface area contributed by atoms with Crippen molar-refractivity contribution >= 4 is 109 Å². The maximum atomic E-state index is 12.4. The second-order valence-electron chi connectivity index (χ2n) is 33.5. The molecule has 0 atom stereocenters. The standard InChI is InChI=1S/2C16H18O.C12H17N.C10H12.C6H3Br2FO.2C6H3Cl2N.3C6H8N.2C5H10.Mo.2W/c2*1-16(2,3)14-11-7-10-13(15(14)17)12-8-5-4-6-9-12;1-8(2)10-6-5-7-11(9(3)4)12(10)13;1-10(2,3)9-7-5-4-6-8-9;7-4-1-3(9)2-5(8)6(4)10;2*7-4-2-1-3-5(8)6(4)9;3*1-5-3-4-6(2)7-5;2*1-5(2,3)4;;;/h2*4-11,17H,1-3H3;5-9H,1-4H3;1,4-8H,2-3H3;1-2,10H;2*1-3H;3*3-4H,1-2H3;2*1H,2-4H3;;;/q;;;;;;;3*-1;;;;;. The molecule has 0 aliphatic heterocycles. The molecule has 12 rings (SSSR count). The van der Waals surface area contributed by atoms with Crippen LogP contribution in [0.1, 0.15) is 198 Å². The van der Waals surface area contributed by atoms with Crippen molar-refractivity contribution in [1.29, 1.82) is 0 Å². The van der Waals surface area contributed by atoms with Crippen molar-refractivity contribution in [2.24, 2.45) is 21.3 Å². The minimum atomic E-state index is -0.850. The molecule has 119 heavy (non-hydrogen) atoms. The van der Waals surface area contributed by atoms with Gasteiger partial charge in [0.05, 0.1) is 8.95 Å². The molecule has 0 radical (unpaired) electrons. The van der Waals surface area contributed by atoms with E-state index in [1.807, 2.05) is 211 Å². The van der Waals surface area contributed by atoms with Crippen LogP contribution >= 0.6 is 78.3 Å². The van der Waals surface area contributed by atoms with E-state index in [0.29, 0.717) is 52.4 Å². The van der Waals surface area contributed by atoms with E-state index in [1.165, 1.54) is 34.5 Å². The summed E-state index contributed by atoms with van der Waals surface area (Å²) >= 11 is 27.8. The first kappa shape index (κ1) is 105. The molecule has 3 N–H and O–H groups in total. The number of nitrogens with zero attached hydrogens (tertiary/aromatic N) is 6. The Bertz CT molecular complexity index is 4940. The van der Waals surface area contributed by atoms with E-state index in [-0.39, 0.29) is 32.8 Å². The van der Waals surface area contributed by atoms with Gasteiger partial charge in [-0.25, -0.2) is 4.39 Å². The van der Waals surface area contributed by atoms with Crippen molar-refractivity contribution in [3.8, 4) is 39.5 Å². The van der Waals surface area contributed by atoms with E-state index in [4.69, 9.17) is 55.0 Å². The number of phenolic OH excluding ortho intramolecular Hbond substituents is 3. The second-order valence-corrected chi connectivity index (χ2v) is 42.9. The molecule has 3 aromatic heterocycles. The molecule has 0 bridgehead atoms. The van der Waals surface area contributed by atoms with Crippen molar-refractivity contribution in [1.82, 2.24) is 15.0 Å². The number of aryl methyl sites for hydroxylation is 6. The molecule has 9 nitrogen and oxygen atoms in total. The Hall–Kier alpha value is -6.66. The summed E-state index contributed by atoms with van der Waals surface area (Å²) in [6, 6.07) is 74.7. The average Bonchev–Trinajstić information content (AvgIpc) is 1.80. The van der Waals surface area contributed by atoms with Gasteiger partial charge in [-0.2, -0.15) is 34.2 Å². The molecule has 0 spiro atoms. The summed E-state index contributed by atoms with van der Waals surface area (Å²) in [6.07, 6.45) is 0. The zero-order valence-electron chi connectivity index (χ0n) is 73.2. The third-order valence-electron chi connectivity index (χ3n) is 16.9. The fraction of sp³-hybridized carbons (Fsp3) is 0.310. The van der Waals surface area contributed by atoms with Crippen LogP contribution in [0.4, 0.5) is 21.5 Å². The summed E-state index contributed by atoms with van der Waals surface area (Å²) in [4.78, 5) is 12.3. The van der Waals surface area contributed by atoms with E-state index >= 15 is 0 Å². The van der Waals surface area contributed by atoms with Crippen molar-refractivity contribution in [2.45, 2.75) is 194 Å². The summed E-state index contributed by atoms with van der Waals surface area (Å²) in [6.45, 7) is 51.3. The van der Waals surface area contributed by atoms with Gasteiger partial charge in [-0.15, -0.1) is 0 Å². The van der Waals surface area contributed by atoms with Gasteiger partial charge in [0.25, 0.3) is 0 Å². The maximum Gasteiger partial charge on any atom is 0.144 e. The van der Waals surface area contributed by atoms with Crippen molar-refractivity contribution in [3.63, 3.8) is 0 Å². The molecular weight excluding hydrogens is 2120 g/mol. The van der Waals surface area contributed by atoms with E-state index < -0.39 is 59.6 Å². The van der Waals surface area contributed by atoms with Crippen molar-refractivity contribution in [2.75, 3.05) is 0 Å². The Kier molecular flexibility index (Phi) is 44.7. The molecule has 636 valence electrons. The van der Waals surface area contributed by atoms with Gasteiger partial charge in [0.1, 0.15) is 23.1 Å². The molecule has 0 fully saturated rings. The Morgan fingerprint density at radius 2 is 0.681 bits per heavy atom. The maximum absolute atomic E-state index is 12.4. The number of halogens is 7. The van der Waals surface area contributed by atoms with Crippen molar-refractivity contribution in [3.05, 3.63) is 327 Å². The third kappa shape index (κ3) is 38.8. The Labute approximate surface area is 771 Å². The molecule has 9 aromatic carbocycles. The SMILES string of the molecule is CC(C)(C)[CH]=[W]=[N]c1c(Cl)cccc1Cl.CC(C)(C)[CH]=[W]=[N]c1c(Cl)cccc1Cl.CC(C)(C)c1cccc(-c2ccccc2)c1O.CC(C)(C)c1cccc(-c2ccccc2)c1O.CC(C)c1cccc(C(C)C)c1[N]=[Mo]=[CH]C(C)(C)c1ccccc1.Cc1ccc(C)[n-]1.Cc1ccc(C)[n-]1.Cc1ccc(C)[n-]1.Oc1c(Br)cc(F)cc1Br. The predicted octanol–water partition coefficient (Wildman–Crippen LogP) is 31.6. The minimum Gasteiger partial charge on any atom is -0.665 e. The van der Waals surface area contributed by atoms with Crippen LogP contribution in [0.15, 0.2) is 250 Å². The molecule has 0 aliphatic rings. The van der Waals surface area contributed by atoms with Gasteiger partial charge in [0, 0.05) is 11.1 Å². The van der Waals surface area contributed by atoms with Crippen LogP contribution < -0.4 is 15.0 Å². The van der Waals surface area contributed by atoms with Gasteiger partial charge in [-0.3, -0.25) is 0 Å². The van der Waals surface area contributed by atoms with Gasteiger partial charge >= 0.3 is 374 Å². The number of phenols is 3.